The summed E-state index contributed by atoms with van der Waals surface area (Å²) in [5.41, 5.74) is 10.5. The quantitative estimate of drug-likeness (QED) is 0.353. The molecule has 5 rings (SSSR count). The Morgan fingerprint density at radius 2 is 2.00 bits per heavy atom. The number of thiophene rings is 1. The van der Waals surface area contributed by atoms with E-state index >= 15 is 0 Å². The zero-order valence-corrected chi connectivity index (χ0v) is 20.5. The van der Waals surface area contributed by atoms with Gasteiger partial charge in [0.1, 0.15) is 16.9 Å². The lowest BCUT2D eigenvalue weighted by Crippen LogP contribution is -2.37. The number of aliphatic imine (C=N–C) groups is 1. The average Bonchev–Trinajstić information content (AvgIpc) is 3.51. The summed E-state index contributed by atoms with van der Waals surface area (Å²) in [6.07, 6.45) is 3.40. The molecule has 0 unspecified atom stereocenters. The Balaban J connectivity index is 1.52. The number of hydrogen-bond acceptors (Lipinski definition) is 7. The van der Waals surface area contributed by atoms with Crippen molar-refractivity contribution in [1.82, 2.24) is 35.6 Å². The van der Waals surface area contributed by atoms with E-state index in [1.807, 2.05) is 35.8 Å². The first-order valence-electron chi connectivity index (χ1n) is 10.8. The van der Waals surface area contributed by atoms with Crippen LogP contribution in [0.2, 0.25) is 5.02 Å². The van der Waals surface area contributed by atoms with Gasteiger partial charge >= 0.3 is 0 Å². The fraction of sp³-hybridized carbons (Fsp3) is 0.261. The molecule has 0 saturated heterocycles. The van der Waals surface area contributed by atoms with Crippen LogP contribution in [-0.4, -0.2) is 36.4 Å². The molecule has 174 valence electrons. The van der Waals surface area contributed by atoms with Crippen LogP contribution in [0.4, 0.5) is 0 Å². The van der Waals surface area contributed by atoms with Gasteiger partial charge in [-0.05, 0) is 38.5 Å². The average molecular weight is 495 g/mol. The molecule has 3 N–H and O–H groups in total. The molecule has 1 aliphatic rings. The molecule has 0 aliphatic carbocycles. The number of benzene rings is 1. The number of amides is 1. The van der Waals surface area contributed by atoms with E-state index < -0.39 is 6.04 Å². The summed E-state index contributed by atoms with van der Waals surface area (Å²) < 4.78 is 2.03. The summed E-state index contributed by atoms with van der Waals surface area (Å²) in [6, 6.07) is 7.11. The molecule has 0 saturated carbocycles. The van der Waals surface area contributed by atoms with Gasteiger partial charge in [0, 0.05) is 27.2 Å². The Morgan fingerprint density at radius 1 is 1.21 bits per heavy atom. The van der Waals surface area contributed by atoms with Gasteiger partial charge in [-0.15, -0.1) is 21.5 Å². The number of hydrazine groups is 1. The molecule has 3 aromatic heterocycles. The molecule has 0 spiro atoms. The number of rotatable bonds is 6. The Hall–Kier alpha value is -3.34. The minimum absolute atomic E-state index is 0.109. The van der Waals surface area contributed by atoms with Crippen LogP contribution < -0.4 is 10.9 Å². The lowest BCUT2D eigenvalue weighted by atomic mass is 9.99. The number of nitrogens with zero attached hydrogens (tertiary/aromatic N) is 5. The molecule has 1 amide bonds. The molecule has 1 aromatic carbocycles. The number of aromatic amines is 1. The van der Waals surface area contributed by atoms with Gasteiger partial charge < -0.3 is 4.98 Å². The highest BCUT2D eigenvalue weighted by atomic mass is 35.5. The molecule has 0 bridgehead atoms. The normalized spacial score (nSPS) is 14.8. The summed E-state index contributed by atoms with van der Waals surface area (Å²) in [7, 11) is 0. The minimum Gasteiger partial charge on any atom is -0.347 e. The largest absolute Gasteiger partial charge is 0.347 e. The Labute approximate surface area is 205 Å². The van der Waals surface area contributed by atoms with Crippen molar-refractivity contribution in [3.05, 3.63) is 80.7 Å². The molecule has 9 nitrogen and oxygen atoms in total. The number of carbonyl (C=O) groups excluding carboxylic acids is 1. The molecular formula is C23H23ClN8OS. The van der Waals surface area contributed by atoms with Crippen molar-refractivity contribution >= 4 is 34.6 Å². The molecule has 1 aliphatic heterocycles. The number of fused-ring (bicyclic) bond motifs is 3. The predicted molar refractivity (Wildman–Crippen MR) is 131 cm³/mol. The van der Waals surface area contributed by atoms with E-state index in [1.54, 1.807) is 23.9 Å². The lowest BCUT2D eigenvalue weighted by molar-refractivity contribution is -0.122. The van der Waals surface area contributed by atoms with Crippen LogP contribution in [0.3, 0.4) is 0 Å². The van der Waals surface area contributed by atoms with E-state index in [0.29, 0.717) is 17.4 Å². The van der Waals surface area contributed by atoms with Crippen molar-refractivity contribution in [3.8, 4) is 5.00 Å². The zero-order valence-electron chi connectivity index (χ0n) is 18.9. The smallest absolute Gasteiger partial charge is 0.236 e. The zero-order chi connectivity index (χ0) is 23.8. The number of H-pyrrole nitrogens is 1. The summed E-state index contributed by atoms with van der Waals surface area (Å²) in [5.74, 6) is 1.20. The predicted octanol–water partition coefficient (Wildman–Crippen LogP) is 3.73. The first-order valence-corrected chi connectivity index (χ1v) is 12.0. The van der Waals surface area contributed by atoms with Crippen molar-refractivity contribution in [1.29, 1.82) is 0 Å². The number of carbonyl (C=O) groups is 1. The van der Waals surface area contributed by atoms with Crippen LogP contribution >= 0.6 is 22.9 Å². The topological polar surface area (TPSA) is 113 Å². The van der Waals surface area contributed by atoms with Gasteiger partial charge in [0.05, 0.1) is 30.7 Å². The maximum Gasteiger partial charge on any atom is 0.236 e. The molecule has 4 heterocycles. The van der Waals surface area contributed by atoms with Gasteiger partial charge in [-0.1, -0.05) is 23.7 Å². The third-order valence-electron chi connectivity index (χ3n) is 5.80. The monoisotopic (exact) mass is 494 g/mol. The van der Waals surface area contributed by atoms with Gasteiger partial charge in [-0.3, -0.25) is 19.8 Å². The van der Waals surface area contributed by atoms with Crippen LogP contribution in [0.5, 0.6) is 0 Å². The van der Waals surface area contributed by atoms with Gasteiger partial charge in [-0.2, -0.15) is 0 Å². The second-order valence-corrected chi connectivity index (χ2v) is 9.73. The molecule has 0 fully saturated rings. The Morgan fingerprint density at radius 3 is 2.74 bits per heavy atom. The fourth-order valence-corrected chi connectivity index (χ4v) is 5.32. The van der Waals surface area contributed by atoms with Crippen molar-refractivity contribution in [2.24, 2.45) is 4.99 Å². The number of nitrogens with one attached hydrogen (secondary N) is 3. The van der Waals surface area contributed by atoms with E-state index in [4.69, 9.17) is 16.6 Å². The molecule has 0 radical (unpaired) electrons. The highest BCUT2D eigenvalue weighted by molar-refractivity contribution is 7.15. The minimum atomic E-state index is -0.514. The maximum absolute atomic E-state index is 12.8. The van der Waals surface area contributed by atoms with E-state index in [1.165, 1.54) is 4.88 Å². The van der Waals surface area contributed by atoms with Gasteiger partial charge in [0.2, 0.25) is 5.91 Å². The maximum atomic E-state index is 12.8. The van der Waals surface area contributed by atoms with Crippen molar-refractivity contribution in [3.63, 3.8) is 0 Å². The van der Waals surface area contributed by atoms with Crippen molar-refractivity contribution < 1.29 is 4.79 Å². The summed E-state index contributed by atoms with van der Waals surface area (Å²) in [4.78, 5) is 26.1. The number of aromatic nitrogens is 5. The molecular weight excluding hydrogens is 472 g/mol. The van der Waals surface area contributed by atoms with Crippen LogP contribution in [0.25, 0.3) is 5.00 Å². The lowest BCUT2D eigenvalue weighted by Gasteiger charge is -2.13. The standard InChI is InChI=1S/C23H23ClN8OS/c1-12-13(2)34-23-20(12)21(15-4-6-16(24)7-5-15)28-18(22-31-29-14(3)32(22)23)8-19(33)30-27-10-17-9-25-11-26-17/h4-7,9,11,18,27H,8,10H2,1-3H3,(H,25,26)(H,30,33)/t18-/m0/s1. The SMILES string of the molecule is Cc1sc2c(c1C)C(c1ccc(Cl)cc1)=N[C@@H](CC(=O)NNCc1cnc[nH]1)c1nnc(C)n1-2. The number of aryl methyl sites for hydroxylation is 2. The van der Waals surface area contributed by atoms with Crippen LogP contribution in [-0.2, 0) is 11.3 Å². The Bertz CT molecular complexity index is 1370. The van der Waals surface area contributed by atoms with Crippen molar-refractivity contribution in [2.45, 2.75) is 39.8 Å². The van der Waals surface area contributed by atoms with E-state index in [0.717, 1.165) is 38.9 Å². The summed E-state index contributed by atoms with van der Waals surface area (Å²) >= 11 is 7.83. The van der Waals surface area contributed by atoms with Crippen LogP contribution in [0.15, 0.2) is 41.8 Å². The highest BCUT2D eigenvalue weighted by Crippen LogP contribution is 2.39. The Kier molecular flexibility index (Phi) is 6.03. The van der Waals surface area contributed by atoms with E-state index in [9.17, 15) is 4.79 Å². The van der Waals surface area contributed by atoms with Crippen molar-refractivity contribution in [2.75, 3.05) is 0 Å². The van der Waals surface area contributed by atoms with E-state index in [2.05, 4.69) is 44.9 Å². The second-order valence-electron chi connectivity index (χ2n) is 8.09. The third kappa shape index (κ3) is 4.15. The third-order valence-corrected chi connectivity index (χ3v) is 7.24. The van der Waals surface area contributed by atoms with E-state index in [-0.39, 0.29) is 12.3 Å². The number of imidazole rings is 1. The number of halogens is 1. The second kappa shape index (κ2) is 9.13. The van der Waals surface area contributed by atoms with Crippen LogP contribution in [0, 0.1) is 20.8 Å². The molecule has 1 atom stereocenters. The fourth-order valence-electron chi connectivity index (χ4n) is 3.98. The number of hydrogen-bond donors (Lipinski definition) is 3. The summed E-state index contributed by atoms with van der Waals surface area (Å²) in [6.45, 7) is 6.55. The summed E-state index contributed by atoms with van der Waals surface area (Å²) in [5, 5.41) is 10.4. The molecule has 11 heteroatoms. The van der Waals surface area contributed by atoms with Gasteiger partial charge in [-0.25, -0.2) is 10.4 Å². The molecule has 4 aromatic rings. The van der Waals surface area contributed by atoms with Crippen LogP contribution in [0.1, 0.15) is 51.4 Å². The highest BCUT2D eigenvalue weighted by Gasteiger charge is 2.32. The molecule has 34 heavy (non-hydrogen) atoms. The first kappa shape index (κ1) is 22.5. The van der Waals surface area contributed by atoms with Gasteiger partial charge in [0.25, 0.3) is 0 Å². The van der Waals surface area contributed by atoms with Gasteiger partial charge in [0.15, 0.2) is 5.82 Å². The first-order chi connectivity index (χ1) is 16.4.